The molecule has 7 nitrogen and oxygen atoms in total. The van der Waals surface area contributed by atoms with E-state index in [0.29, 0.717) is 11.3 Å². The van der Waals surface area contributed by atoms with Crippen molar-refractivity contribution in [1.29, 1.82) is 0 Å². The Morgan fingerprint density at radius 3 is 2.48 bits per heavy atom. The number of carbonyl (C=O) groups is 3. The Balaban J connectivity index is 1.95. The van der Waals surface area contributed by atoms with Crippen molar-refractivity contribution in [3.05, 3.63) is 29.8 Å². The summed E-state index contributed by atoms with van der Waals surface area (Å²) in [5.74, 6) is -0.691. The van der Waals surface area contributed by atoms with E-state index < -0.39 is 11.9 Å². The van der Waals surface area contributed by atoms with Crippen molar-refractivity contribution < 1.29 is 19.1 Å². The smallest absolute Gasteiger partial charge is 0.255 e. The van der Waals surface area contributed by atoms with E-state index in [-0.39, 0.29) is 30.3 Å². The van der Waals surface area contributed by atoms with Crippen molar-refractivity contribution in [1.82, 2.24) is 16.0 Å². The van der Waals surface area contributed by atoms with E-state index in [1.54, 1.807) is 24.3 Å². The van der Waals surface area contributed by atoms with Crippen LogP contribution in [0.4, 0.5) is 0 Å². The van der Waals surface area contributed by atoms with Crippen LogP contribution in [0.15, 0.2) is 24.3 Å². The zero-order valence-electron chi connectivity index (χ0n) is 14.8. The minimum atomic E-state index is -0.744. The van der Waals surface area contributed by atoms with E-state index in [1.807, 2.05) is 13.8 Å². The summed E-state index contributed by atoms with van der Waals surface area (Å²) in [6.07, 6.45) is 1.98. The number of hydrogen-bond acceptors (Lipinski definition) is 4. The summed E-state index contributed by atoms with van der Waals surface area (Å²) in [6.45, 7) is 3.57. The maximum atomic E-state index is 12.5. The first kappa shape index (κ1) is 18.8. The van der Waals surface area contributed by atoms with Crippen LogP contribution in [-0.2, 0) is 9.59 Å². The van der Waals surface area contributed by atoms with Gasteiger partial charge in [0.25, 0.3) is 5.91 Å². The molecule has 25 heavy (non-hydrogen) atoms. The fourth-order valence-corrected chi connectivity index (χ4v) is 2.37. The first-order valence-corrected chi connectivity index (χ1v) is 8.43. The molecule has 1 aromatic rings. The molecule has 0 heterocycles. The molecular formula is C18H25N3O4. The van der Waals surface area contributed by atoms with Crippen LogP contribution in [0.2, 0.25) is 0 Å². The molecule has 1 saturated carbocycles. The Morgan fingerprint density at radius 1 is 1.20 bits per heavy atom. The molecule has 1 aliphatic carbocycles. The number of carbonyl (C=O) groups excluding carboxylic acids is 3. The van der Waals surface area contributed by atoms with Crippen molar-refractivity contribution in [3.8, 4) is 5.75 Å². The van der Waals surface area contributed by atoms with Crippen molar-refractivity contribution in [2.75, 3.05) is 13.7 Å². The van der Waals surface area contributed by atoms with Gasteiger partial charge in [-0.2, -0.15) is 0 Å². The minimum Gasteiger partial charge on any atom is -0.496 e. The summed E-state index contributed by atoms with van der Waals surface area (Å²) in [4.78, 5) is 36.5. The molecule has 3 amide bonds. The van der Waals surface area contributed by atoms with E-state index in [2.05, 4.69) is 16.0 Å². The first-order valence-electron chi connectivity index (χ1n) is 8.43. The predicted molar refractivity (Wildman–Crippen MR) is 93.3 cm³/mol. The van der Waals surface area contributed by atoms with Gasteiger partial charge >= 0.3 is 0 Å². The number of para-hydroxylation sites is 1. The number of amides is 3. The summed E-state index contributed by atoms with van der Waals surface area (Å²) in [6, 6.07) is 6.31. The van der Waals surface area contributed by atoms with Crippen LogP contribution in [0, 0.1) is 5.92 Å². The first-order chi connectivity index (χ1) is 11.9. The quantitative estimate of drug-likeness (QED) is 0.649. The van der Waals surface area contributed by atoms with Gasteiger partial charge in [-0.1, -0.05) is 26.0 Å². The predicted octanol–water partition coefficient (Wildman–Crippen LogP) is 0.844. The standard InChI is InChI=1S/C18H25N3O4/c1-11(2)16(18(24)19-10-15(22)20-12-8-9-12)21-17(23)13-6-4-5-7-14(13)25-3/h4-7,11-12,16H,8-10H2,1-3H3,(H,19,24)(H,20,22)(H,21,23)/t16-/m0/s1. The Hall–Kier alpha value is -2.57. The molecule has 1 fully saturated rings. The Bertz CT molecular complexity index is 641. The Morgan fingerprint density at radius 2 is 1.88 bits per heavy atom. The minimum absolute atomic E-state index is 0.0942. The van der Waals surface area contributed by atoms with Crippen molar-refractivity contribution in [2.24, 2.45) is 5.92 Å². The highest BCUT2D eigenvalue weighted by molar-refractivity contribution is 6.00. The second-order valence-corrected chi connectivity index (χ2v) is 6.46. The highest BCUT2D eigenvalue weighted by Gasteiger charge is 2.27. The number of rotatable bonds is 8. The average molecular weight is 347 g/mol. The number of nitrogens with one attached hydrogen (secondary N) is 3. The van der Waals surface area contributed by atoms with Crippen LogP contribution in [0.1, 0.15) is 37.0 Å². The number of hydrogen-bond donors (Lipinski definition) is 3. The Kier molecular flexibility index (Phi) is 6.38. The van der Waals surface area contributed by atoms with E-state index in [4.69, 9.17) is 4.74 Å². The molecule has 0 saturated heterocycles. The maximum absolute atomic E-state index is 12.5. The average Bonchev–Trinajstić information content (AvgIpc) is 3.40. The van der Waals surface area contributed by atoms with Gasteiger partial charge in [-0.25, -0.2) is 0 Å². The van der Waals surface area contributed by atoms with Crippen LogP contribution in [0.5, 0.6) is 5.75 Å². The van der Waals surface area contributed by atoms with Crippen molar-refractivity contribution >= 4 is 17.7 Å². The van der Waals surface area contributed by atoms with Crippen LogP contribution < -0.4 is 20.7 Å². The molecule has 2 rings (SSSR count). The maximum Gasteiger partial charge on any atom is 0.255 e. The lowest BCUT2D eigenvalue weighted by Gasteiger charge is -2.22. The molecule has 1 aliphatic rings. The molecule has 0 spiro atoms. The van der Waals surface area contributed by atoms with Crippen molar-refractivity contribution in [3.63, 3.8) is 0 Å². The van der Waals surface area contributed by atoms with Gasteiger partial charge < -0.3 is 20.7 Å². The zero-order valence-corrected chi connectivity index (χ0v) is 14.8. The molecular weight excluding hydrogens is 322 g/mol. The van der Waals surface area contributed by atoms with Gasteiger partial charge in [0.15, 0.2) is 0 Å². The molecule has 0 aliphatic heterocycles. The molecule has 136 valence electrons. The van der Waals surface area contributed by atoms with Crippen LogP contribution in [-0.4, -0.2) is 43.5 Å². The molecule has 0 unspecified atom stereocenters. The second-order valence-electron chi connectivity index (χ2n) is 6.46. The summed E-state index contributed by atoms with van der Waals surface area (Å²) >= 11 is 0. The second kappa shape index (κ2) is 8.50. The third-order valence-electron chi connectivity index (χ3n) is 3.95. The van der Waals surface area contributed by atoms with Gasteiger partial charge in [0.2, 0.25) is 11.8 Å². The largest absolute Gasteiger partial charge is 0.496 e. The molecule has 0 aromatic heterocycles. The molecule has 3 N–H and O–H groups in total. The number of methoxy groups -OCH3 is 1. The molecule has 0 bridgehead atoms. The van der Waals surface area contributed by atoms with Crippen LogP contribution in [0.25, 0.3) is 0 Å². The topological polar surface area (TPSA) is 96.5 Å². The normalized spacial score (nSPS) is 14.6. The van der Waals surface area contributed by atoms with Gasteiger partial charge in [-0.15, -0.1) is 0 Å². The van der Waals surface area contributed by atoms with Gasteiger partial charge in [0.1, 0.15) is 11.8 Å². The fourth-order valence-electron chi connectivity index (χ4n) is 2.37. The third kappa shape index (κ3) is 5.48. The monoisotopic (exact) mass is 347 g/mol. The van der Waals surface area contributed by atoms with Gasteiger partial charge in [-0.3, -0.25) is 14.4 Å². The Labute approximate surface area is 147 Å². The summed E-state index contributed by atoms with van der Waals surface area (Å²) in [5, 5.41) is 8.11. The summed E-state index contributed by atoms with van der Waals surface area (Å²) in [7, 11) is 1.48. The van der Waals surface area contributed by atoms with Crippen LogP contribution >= 0.6 is 0 Å². The van der Waals surface area contributed by atoms with Crippen molar-refractivity contribution in [2.45, 2.75) is 38.8 Å². The lowest BCUT2D eigenvalue weighted by Crippen LogP contribution is -2.51. The fraction of sp³-hybridized carbons (Fsp3) is 0.500. The SMILES string of the molecule is COc1ccccc1C(=O)N[C@H](C(=O)NCC(=O)NC1CC1)C(C)C. The van der Waals surface area contributed by atoms with E-state index in [9.17, 15) is 14.4 Å². The van der Waals surface area contributed by atoms with E-state index in [0.717, 1.165) is 12.8 Å². The van der Waals surface area contributed by atoms with Crippen LogP contribution in [0.3, 0.4) is 0 Å². The number of benzene rings is 1. The highest BCUT2D eigenvalue weighted by atomic mass is 16.5. The number of ether oxygens (including phenoxy) is 1. The zero-order chi connectivity index (χ0) is 18.4. The summed E-state index contributed by atoms with van der Waals surface area (Å²) < 4.78 is 5.18. The van der Waals surface area contributed by atoms with E-state index >= 15 is 0 Å². The highest BCUT2D eigenvalue weighted by Crippen LogP contribution is 2.18. The van der Waals surface area contributed by atoms with Gasteiger partial charge in [0, 0.05) is 6.04 Å². The molecule has 1 atom stereocenters. The molecule has 0 radical (unpaired) electrons. The lowest BCUT2D eigenvalue weighted by molar-refractivity contribution is -0.127. The van der Waals surface area contributed by atoms with E-state index in [1.165, 1.54) is 7.11 Å². The lowest BCUT2D eigenvalue weighted by atomic mass is 10.0. The van der Waals surface area contributed by atoms with Gasteiger partial charge in [0.05, 0.1) is 19.2 Å². The molecule has 1 aromatic carbocycles. The molecule has 7 heteroatoms. The third-order valence-corrected chi connectivity index (χ3v) is 3.95. The van der Waals surface area contributed by atoms with Gasteiger partial charge in [-0.05, 0) is 30.9 Å². The summed E-state index contributed by atoms with van der Waals surface area (Å²) in [5.41, 5.74) is 0.356.